The van der Waals surface area contributed by atoms with Gasteiger partial charge in [0.05, 0.1) is 27.7 Å². The van der Waals surface area contributed by atoms with E-state index >= 15 is 0 Å². The van der Waals surface area contributed by atoms with Crippen LogP contribution in [0, 0.1) is 5.92 Å². The number of carboxylic acids is 1. The van der Waals surface area contributed by atoms with Crippen molar-refractivity contribution in [2.75, 3.05) is 43.9 Å². The number of benzene rings is 1. The number of nitrogens with one attached hydrogen (secondary N) is 2. The van der Waals surface area contributed by atoms with Crippen LogP contribution in [-0.2, 0) is 7.05 Å². The highest BCUT2D eigenvalue weighted by molar-refractivity contribution is 6.33. The number of carbonyl (C=O) groups is 1. The number of carboxylic acid groups (broad SMARTS) is 1. The van der Waals surface area contributed by atoms with Gasteiger partial charge >= 0.3 is 5.97 Å². The van der Waals surface area contributed by atoms with E-state index < -0.39 is 11.4 Å². The first-order valence-corrected chi connectivity index (χ1v) is 13.6. The highest BCUT2D eigenvalue weighted by atomic mass is 35.5. The highest BCUT2D eigenvalue weighted by Crippen LogP contribution is 2.46. The van der Waals surface area contributed by atoms with Crippen LogP contribution in [0.4, 0.5) is 11.4 Å². The van der Waals surface area contributed by atoms with Crippen LogP contribution in [0.25, 0.3) is 44.1 Å². The molecule has 0 amide bonds. The molecular weight excluding hydrogens is 530 g/mol. The minimum Gasteiger partial charge on any atom is -0.477 e. The van der Waals surface area contributed by atoms with Crippen LogP contribution >= 0.6 is 11.6 Å². The minimum absolute atomic E-state index is 0.255. The number of rotatable bonds is 4. The fourth-order valence-electron chi connectivity index (χ4n) is 6.73. The van der Waals surface area contributed by atoms with Crippen LogP contribution in [0.5, 0.6) is 0 Å². The Morgan fingerprint density at radius 2 is 1.98 bits per heavy atom. The van der Waals surface area contributed by atoms with Crippen LogP contribution < -0.4 is 15.6 Å². The number of aromatic nitrogens is 4. The normalized spacial score (nSPS) is 19.2. The number of hydrogen-bond donors (Lipinski definition) is 3. The maximum absolute atomic E-state index is 13.2. The third-order valence-corrected chi connectivity index (χ3v) is 8.73. The lowest BCUT2D eigenvalue weighted by Gasteiger charge is -2.29. The molecule has 7 rings (SSSR count). The number of likely N-dealkylation sites (N-methyl/N-ethyl adjacent to an activating group) is 1. The molecule has 0 unspecified atom stereocenters. The second kappa shape index (κ2) is 8.94. The molecule has 2 saturated heterocycles. The lowest BCUT2D eigenvalue weighted by Crippen LogP contribution is -2.35. The molecule has 0 radical (unpaired) electrons. The number of aromatic carboxylic acids is 1. The van der Waals surface area contributed by atoms with E-state index in [4.69, 9.17) is 16.6 Å². The molecule has 10 nitrogen and oxygen atoms in total. The molecule has 1 aromatic carbocycles. The first kappa shape index (κ1) is 24.9. The van der Waals surface area contributed by atoms with Gasteiger partial charge in [0.15, 0.2) is 0 Å². The van der Waals surface area contributed by atoms with E-state index in [1.807, 2.05) is 25.4 Å². The number of halogens is 1. The van der Waals surface area contributed by atoms with Crippen molar-refractivity contribution in [2.24, 2.45) is 13.0 Å². The molecule has 3 N–H and O–H groups in total. The van der Waals surface area contributed by atoms with Crippen molar-refractivity contribution in [1.29, 1.82) is 0 Å². The van der Waals surface area contributed by atoms with Gasteiger partial charge in [-0.3, -0.25) is 4.79 Å². The van der Waals surface area contributed by atoms with Crippen molar-refractivity contribution in [3.8, 4) is 11.1 Å². The van der Waals surface area contributed by atoms with Crippen molar-refractivity contribution < 1.29 is 9.90 Å². The summed E-state index contributed by atoms with van der Waals surface area (Å²) < 4.78 is 1.58. The van der Waals surface area contributed by atoms with Gasteiger partial charge in [0.2, 0.25) is 5.43 Å². The van der Waals surface area contributed by atoms with E-state index in [-0.39, 0.29) is 10.9 Å². The smallest absolute Gasteiger partial charge is 0.341 e. The van der Waals surface area contributed by atoms with E-state index in [2.05, 4.69) is 32.1 Å². The number of hydrogen-bond acceptors (Lipinski definition) is 7. The number of H-pyrrole nitrogens is 1. The SMILES string of the molecule is CNc1cc(Cl)cc2c1[nH]c1ncc(-c3cnc4c(c3)c(=O)c(C(=O)O)cn4C)c(N3CC[C@@H]4CN(C)C[C@@H]43)c12. The van der Waals surface area contributed by atoms with Crippen LogP contribution in [-0.4, -0.2) is 75.3 Å². The Hall–Kier alpha value is -4.15. The summed E-state index contributed by atoms with van der Waals surface area (Å²) in [5.74, 6) is -0.705. The Labute approximate surface area is 234 Å². The van der Waals surface area contributed by atoms with Gasteiger partial charge in [0.25, 0.3) is 0 Å². The van der Waals surface area contributed by atoms with Gasteiger partial charge < -0.3 is 29.8 Å². The summed E-state index contributed by atoms with van der Waals surface area (Å²) in [7, 11) is 5.71. The molecule has 2 aliphatic heterocycles. The summed E-state index contributed by atoms with van der Waals surface area (Å²) in [6.45, 7) is 2.91. The summed E-state index contributed by atoms with van der Waals surface area (Å²) in [4.78, 5) is 42.8. The zero-order chi connectivity index (χ0) is 27.9. The number of nitrogens with zero attached hydrogens (tertiary/aromatic N) is 5. The van der Waals surface area contributed by atoms with Gasteiger partial charge in [-0.2, -0.15) is 0 Å². The molecular formula is C29H28ClN7O3. The van der Waals surface area contributed by atoms with E-state index in [0.29, 0.717) is 28.2 Å². The van der Waals surface area contributed by atoms with Gasteiger partial charge in [-0.05, 0) is 37.6 Å². The predicted octanol–water partition coefficient (Wildman–Crippen LogP) is 4.16. The van der Waals surface area contributed by atoms with Crippen LogP contribution in [0.1, 0.15) is 16.8 Å². The molecule has 0 spiro atoms. The Morgan fingerprint density at radius 1 is 1.15 bits per heavy atom. The monoisotopic (exact) mass is 557 g/mol. The number of fused-ring (bicyclic) bond motifs is 5. The summed E-state index contributed by atoms with van der Waals surface area (Å²) in [5.41, 5.74) is 4.70. The van der Waals surface area contributed by atoms with Crippen LogP contribution in [0.15, 0.2) is 41.6 Å². The molecule has 5 aromatic rings. The average molecular weight is 558 g/mol. The number of likely N-dealkylation sites (tertiary alicyclic amines) is 1. The number of pyridine rings is 3. The molecule has 204 valence electrons. The summed E-state index contributed by atoms with van der Waals surface area (Å²) in [6.07, 6.45) is 5.97. The molecule has 40 heavy (non-hydrogen) atoms. The number of aryl methyl sites for hydroxylation is 1. The Balaban J connectivity index is 1.55. The highest BCUT2D eigenvalue weighted by Gasteiger charge is 2.41. The first-order chi connectivity index (χ1) is 19.2. The van der Waals surface area contributed by atoms with Crippen molar-refractivity contribution in [2.45, 2.75) is 12.5 Å². The van der Waals surface area contributed by atoms with E-state index in [1.165, 1.54) is 6.20 Å². The van der Waals surface area contributed by atoms with Crippen LogP contribution in [0.2, 0.25) is 5.02 Å². The van der Waals surface area contributed by atoms with Crippen molar-refractivity contribution in [3.63, 3.8) is 0 Å². The molecule has 4 aromatic heterocycles. The first-order valence-electron chi connectivity index (χ1n) is 13.2. The van der Waals surface area contributed by atoms with Gasteiger partial charge in [0, 0.05) is 79.9 Å². The van der Waals surface area contributed by atoms with E-state index in [0.717, 1.165) is 64.9 Å². The zero-order valence-corrected chi connectivity index (χ0v) is 23.1. The summed E-state index contributed by atoms with van der Waals surface area (Å²) >= 11 is 6.59. The van der Waals surface area contributed by atoms with E-state index in [9.17, 15) is 14.7 Å². The fraction of sp³-hybridized carbons (Fsp3) is 0.310. The van der Waals surface area contributed by atoms with Crippen molar-refractivity contribution in [3.05, 3.63) is 57.6 Å². The van der Waals surface area contributed by atoms with Crippen molar-refractivity contribution >= 4 is 61.9 Å². The lowest BCUT2D eigenvalue weighted by atomic mass is 10.00. The number of aromatic amines is 1. The summed E-state index contributed by atoms with van der Waals surface area (Å²) in [5, 5.41) is 15.7. The Kier molecular flexibility index (Phi) is 5.55. The molecule has 11 heteroatoms. The van der Waals surface area contributed by atoms with Crippen molar-refractivity contribution in [1.82, 2.24) is 24.4 Å². The second-order valence-electron chi connectivity index (χ2n) is 10.9. The van der Waals surface area contributed by atoms with Gasteiger partial charge in [-0.1, -0.05) is 11.6 Å². The average Bonchev–Trinajstić information content (AvgIpc) is 3.61. The molecule has 2 fully saturated rings. The molecule has 0 bridgehead atoms. The number of anilines is 2. The molecule has 2 aliphatic rings. The van der Waals surface area contributed by atoms with Gasteiger partial charge in [-0.25, -0.2) is 14.8 Å². The zero-order valence-electron chi connectivity index (χ0n) is 22.3. The Bertz CT molecular complexity index is 1930. The van der Waals surface area contributed by atoms with Gasteiger partial charge in [0.1, 0.15) is 16.9 Å². The van der Waals surface area contributed by atoms with Gasteiger partial charge in [-0.15, -0.1) is 0 Å². The Morgan fingerprint density at radius 3 is 2.75 bits per heavy atom. The molecule has 0 saturated carbocycles. The molecule has 6 heterocycles. The van der Waals surface area contributed by atoms with E-state index in [1.54, 1.807) is 23.9 Å². The molecule has 0 aliphatic carbocycles. The third kappa shape index (κ3) is 3.59. The predicted molar refractivity (Wildman–Crippen MR) is 158 cm³/mol. The lowest BCUT2D eigenvalue weighted by molar-refractivity contribution is 0.0695. The quantitative estimate of drug-likeness (QED) is 0.301. The minimum atomic E-state index is -1.26. The molecule has 2 atom stereocenters. The van der Waals surface area contributed by atoms with Crippen LogP contribution in [0.3, 0.4) is 0 Å². The standard InChI is InChI=1S/C29H28ClN7O3/c1-31-21-8-16(30)7-17-23-25(37-5-4-14-11-35(2)13-22(14)37)19(10-32-27(23)34-24(17)21)15-6-18-26(38)20(29(39)40)12-36(3)28(18)33-9-15/h6-10,12,14,22,31H,4-5,11,13H2,1-3H3,(H,32,34)(H,39,40)/t14-,22+/m1/s1. The maximum Gasteiger partial charge on any atom is 0.341 e. The second-order valence-corrected chi connectivity index (χ2v) is 11.3. The topological polar surface area (TPSA) is 119 Å². The third-order valence-electron chi connectivity index (χ3n) is 8.51. The largest absolute Gasteiger partial charge is 0.477 e. The fourth-order valence-corrected chi connectivity index (χ4v) is 6.95. The maximum atomic E-state index is 13.2. The summed E-state index contributed by atoms with van der Waals surface area (Å²) in [6, 6.07) is 5.94.